The van der Waals surface area contributed by atoms with Crippen molar-refractivity contribution in [1.82, 2.24) is 4.90 Å². The van der Waals surface area contributed by atoms with Gasteiger partial charge in [-0.3, -0.25) is 4.79 Å². The molecule has 0 unspecified atom stereocenters. The summed E-state index contributed by atoms with van der Waals surface area (Å²) in [5, 5.41) is 0. The van der Waals surface area contributed by atoms with Crippen molar-refractivity contribution in [2.75, 3.05) is 13.1 Å². The van der Waals surface area contributed by atoms with E-state index in [9.17, 15) is 4.79 Å². The minimum atomic E-state index is 0.0213. The summed E-state index contributed by atoms with van der Waals surface area (Å²) in [4.78, 5) is 14.8. The number of benzene rings is 2. The molecule has 1 aliphatic heterocycles. The average molecular weight is 396 g/mol. The molecular formula is C22H22BrNO. The minimum Gasteiger partial charge on any atom is -0.377 e. The number of hydrogen-bond donors (Lipinski definition) is 0. The number of carbonyl (C=O) groups is 1. The molecule has 3 heteroatoms. The Hall–Kier alpha value is -2.13. The number of piperidine rings is 1. The number of rotatable bonds is 5. The SMILES string of the molecule is O=C(/C=C\C(=C/N1CCCCC1)c1ccccc1)c1ccc(Br)cc1. The molecule has 0 bridgehead atoms. The Morgan fingerprint density at radius 1 is 0.840 bits per heavy atom. The third kappa shape index (κ3) is 5.17. The quantitative estimate of drug-likeness (QED) is 0.366. The zero-order valence-corrected chi connectivity index (χ0v) is 15.8. The summed E-state index contributed by atoms with van der Waals surface area (Å²) < 4.78 is 0.975. The second-order valence-corrected chi connectivity index (χ2v) is 7.17. The third-order valence-electron chi connectivity index (χ3n) is 4.36. The van der Waals surface area contributed by atoms with E-state index in [1.807, 2.05) is 48.5 Å². The van der Waals surface area contributed by atoms with E-state index in [4.69, 9.17) is 0 Å². The van der Waals surface area contributed by atoms with Gasteiger partial charge in [0.1, 0.15) is 0 Å². The maximum absolute atomic E-state index is 12.4. The number of nitrogens with zero attached hydrogens (tertiary/aromatic N) is 1. The van der Waals surface area contributed by atoms with Crippen LogP contribution in [0.25, 0.3) is 5.57 Å². The fraction of sp³-hybridized carbons (Fsp3) is 0.227. The second kappa shape index (κ2) is 8.82. The lowest BCUT2D eigenvalue weighted by Crippen LogP contribution is -2.24. The predicted molar refractivity (Wildman–Crippen MR) is 107 cm³/mol. The van der Waals surface area contributed by atoms with Gasteiger partial charge in [-0.05, 0) is 66.8 Å². The molecule has 128 valence electrons. The van der Waals surface area contributed by atoms with Crippen LogP contribution in [-0.4, -0.2) is 23.8 Å². The van der Waals surface area contributed by atoms with Crippen LogP contribution < -0.4 is 0 Å². The Balaban J connectivity index is 1.82. The van der Waals surface area contributed by atoms with E-state index >= 15 is 0 Å². The zero-order valence-electron chi connectivity index (χ0n) is 14.2. The molecule has 2 nitrogen and oxygen atoms in total. The standard InChI is InChI=1S/C22H22BrNO/c23-21-12-9-19(10-13-21)22(25)14-11-20(18-7-3-1-4-8-18)17-24-15-5-2-6-16-24/h1,3-4,7-14,17H,2,5-6,15-16H2/b14-11-,20-17+. The second-order valence-electron chi connectivity index (χ2n) is 6.25. The molecule has 0 spiro atoms. The minimum absolute atomic E-state index is 0.0213. The topological polar surface area (TPSA) is 20.3 Å². The van der Waals surface area contributed by atoms with E-state index in [0.717, 1.165) is 28.7 Å². The van der Waals surface area contributed by atoms with E-state index in [1.165, 1.54) is 19.3 Å². The highest BCUT2D eigenvalue weighted by Gasteiger charge is 2.08. The summed E-state index contributed by atoms with van der Waals surface area (Å²) in [5.74, 6) is 0.0213. The third-order valence-corrected chi connectivity index (χ3v) is 4.89. The Labute approximate surface area is 158 Å². The number of ketones is 1. The van der Waals surface area contributed by atoms with E-state index in [2.05, 4.69) is 39.2 Å². The molecule has 0 N–H and O–H groups in total. The number of likely N-dealkylation sites (tertiary alicyclic amines) is 1. The van der Waals surface area contributed by atoms with Crippen LogP contribution in [0, 0.1) is 0 Å². The van der Waals surface area contributed by atoms with Crippen LogP contribution in [0.3, 0.4) is 0 Å². The first-order valence-corrected chi connectivity index (χ1v) is 9.51. The summed E-state index contributed by atoms with van der Waals surface area (Å²) in [7, 11) is 0. The van der Waals surface area contributed by atoms with Crippen molar-refractivity contribution in [2.24, 2.45) is 0 Å². The van der Waals surface area contributed by atoms with Crippen molar-refractivity contribution in [3.8, 4) is 0 Å². The fourth-order valence-corrected chi connectivity index (χ4v) is 3.23. The largest absolute Gasteiger partial charge is 0.377 e. The lowest BCUT2D eigenvalue weighted by atomic mass is 10.0. The molecule has 0 aromatic heterocycles. The summed E-state index contributed by atoms with van der Waals surface area (Å²) >= 11 is 3.40. The van der Waals surface area contributed by atoms with Gasteiger partial charge >= 0.3 is 0 Å². The molecule has 2 aromatic carbocycles. The van der Waals surface area contributed by atoms with Crippen LogP contribution in [0.1, 0.15) is 35.2 Å². The molecule has 1 saturated heterocycles. The van der Waals surface area contributed by atoms with Crippen molar-refractivity contribution < 1.29 is 4.79 Å². The first kappa shape index (κ1) is 17.7. The molecule has 1 heterocycles. The molecule has 1 fully saturated rings. The smallest absolute Gasteiger partial charge is 0.185 e. The van der Waals surface area contributed by atoms with E-state index < -0.39 is 0 Å². The first-order valence-electron chi connectivity index (χ1n) is 8.72. The predicted octanol–water partition coefficient (Wildman–Crippen LogP) is 5.72. The highest BCUT2D eigenvalue weighted by atomic mass is 79.9. The first-order chi connectivity index (χ1) is 12.2. The Kier molecular flexibility index (Phi) is 6.24. The van der Waals surface area contributed by atoms with Crippen LogP contribution in [0.15, 0.2) is 77.4 Å². The van der Waals surface area contributed by atoms with Crippen molar-refractivity contribution in [2.45, 2.75) is 19.3 Å². The van der Waals surface area contributed by atoms with E-state index in [1.54, 1.807) is 6.08 Å². The lowest BCUT2D eigenvalue weighted by Gasteiger charge is -2.26. The molecule has 25 heavy (non-hydrogen) atoms. The van der Waals surface area contributed by atoms with Gasteiger partial charge in [-0.2, -0.15) is 0 Å². The van der Waals surface area contributed by atoms with Gasteiger partial charge in [0.05, 0.1) is 0 Å². The number of carbonyl (C=O) groups excluding carboxylic acids is 1. The maximum Gasteiger partial charge on any atom is 0.185 e. The summed E-state index contributed by atoms with van der Waals surface area (Å²) in [6, 6.07) is 17.7. The molecule has 0 atom stereocenters. The van der Waals surface area contributed by atoms with Crippen LogP contribution in [0.2, 0.25) is 0 Å². The average Bonchev–Trinajstić information content (AvgIpc) is 2.67. The zero-order chi connectivity index (χ0) is 17.5. The fourth-order valence-electron chi connectivity index (χ4n) is 2.96. The number of hydrogen-bond acceptors (Lipinski definition) is 2. The Bertz CT molecular complexity index is 756. The van der Waals surface area contributed by atoms with Crippen LogP contribution in [0.5, 0.6) is 0 Å². The Morgan fingerprint density at radius 3 is 2.20 bits per heavy atom. The molecule has 0 amide bonds. The normalized spacial score (nSPS) is 15.6. The monoisotopic (exact) mass is 395 g/mol. The van der Waals surface area contributed by atoms with Gasteiger partial charge in [-0.25, -0.2) is 0 Å². The van der Waals surface area contributed by atoms with E-state index in [0.29, 0.717) is 5.56 Å². The number of halogens is 1. The highest BCUT2D eigenvalue weighted by Crippen LogP contribution is 2.20. The molecule has 3 rings (SSSR count). The van der Waals surface area contributed by atoms with Crippen molar-refractivity contribution >= 4 is 27.3 Å². The van der Waals surface area contributed by atoms with Gasteiger partial charge in [-0.15, -0.1) is 0 Å². The van der Waals surface area contributed by atoms with Crippen molar-refractivity contribution in [3.05, 3.63) is 88.5 Å². The number of allylic oxidation sites excluding steroid dienone is 3. The van der Waals surface area contributed by atoms with Gasteiger partial charge < -0.3 is 4.90 Å². The molecule has 0 saturated carbocycles. The molecule has 0 aliphatic carbocycles. The maximum atomic E-state index is 12.4. The van der Waals surface area contributed by atoms with Gasteiger partial charge in [0, 0.05) is 29.3 Å². The van der Waals surface area contributed by atoms with Gasteiger partial charge in [-0.1, -0.05) is 46.3 Å². The van der Waals surface area contributed by atoms with Crippen molar-refractivity contribution in [1.29, 1.82) is 0 Å². The molecule has 0 radical (unpaired) electrons. The molecule has 2 aromatic rings. The van der Waals surface area contributed by atoms with Crippen LogP contribution in [-0.2, 0) is 0 Å². The van der Waals surface area contributed by atoms with Gasteiger partial charge in [0.15, 0.2) is 5.78 Å². The molecular weight excluding hydrogens is 374 g/mol. The summed E-state index contributed by atoms with van der Waals surface area (Å²) in [5.41, 5.74) is 2.91. The summed E-state index contributed by atoms with van der Waals surface area (Å²) in [6.07, 6.45) is 9.59. The van der Waals surface area contributed by atoms with Crippen molar-refractivity contribution in [3.63, 3.8) is 0 Å². The lowest BCUT2D eigenvalue weighted by molar-refractivity contribution is 0.104. The molecule has 1 aliphatic rings. The van der Waals surface area contributed by atoms with Crippen LogP contribution in [0.4, 0.5) is 0 Å². The van der Waals surface area contributed by atoms with Gasteiger partial charge in [0.25, 0.3) is 0 Å². The van der Waals surface area contributed by atoms with E-state index in [-0.39, 0.29) is 5.78 Å². The van der Waals surface area contributed by atoms with Gasteiger partial charge in [0.2, 0.25) is 0 Å². The highest BCUT2D eigenvalue weighted by molar-refractivity contribution is 9.10. The Morgan fingerprint density at radius 2 is 1.52 bits per heavy atom. The summed E-state index contributed by atoms with van der Waals surface area (Å²) in [6.45, 7) is 2.18. The van der Waals surface area contributed by atoms with Crippen LogP contribution >= 0.6 is 15.9 Å².